The van der Waals surface area contributed by atoms with Crippen molar-refractivity contribution in [2.75, 3.05) is 5.32 Å². The van der Waals surface area contributed by atoms with Gasteiger partial charge in [-0.1, -0.05) is 31.2 Å². The minimum absolute atomic E-state index is 0.107. The van der Waals surface area contributed by atoms with Crippen LogP contribution in [0, 0.1) is 17.1 Å². The number of nitrogens with zero attached hydrogens (tertiary/aromatic N) is 1. The molecule has 0 radical (unpaired) electrons. The lowest BCUT2D eigenvalue weighted by Gasteiger charge is -2.05. The number of anilines is 1. The third-order valence-electron chi connectivity index (χ3n) is 4.04. The second kappa shape index (κ2) is 8.15. The fraction of sp³-hybridized carbons (Fsp3) is 0.0909. The molecule has 3 aromatic rings. The largest absolute Gasteiger partial charge is 0.457 e. The minimum atomic E-state index is -0.536. The summed E-state index contributed by atoms with van der Waals surface area (Å²) in [5.74, 6) is -0.324. The van der Waals surface area contributed by atoms with Crippen molar-refractivity contribution < 1.29 is 13.6 Å². The zero-order chi connectivity index (χ0) is 19.2. The van der Waals surface area contributed by atoms with E-state index in [4.69, 9.17) is 4.42 Å². The SMILES string of the molecule is CCc1ccc(NC(=O)/C(C#N)=C/c2ccc(-c3ccccc3F)o2)cc1. The molecule has 134 valence electrons. The summed E-state index contributed by atoms with van der Waals surface area (Å²) in [6.07, 6.45) is 2.24. The Bertz CT molecular complexity index is 1030. The van der Waals surface area contributed by atoms with Crippen LogP contribution in [0.2, 0.25) is 0 Å². The average Bonchev–Trinajstić information content (AvgIpc) is 3.15. The molecule has 0 fully saturated rings. The van der Waals surface area contributed by atoms with E-state index < -0.39 is 11.7 Å². The van der Waals surface area contributed by atoms with E-state index in [0.29, 0.717) is 22.8 Å². The average molecular weight is 360 g/mol. The van der Waals surface area contributed by atoms with E-state index in [9.17, 15) is 14.4 Å². The number of halogens is 1. The summed E-state index contributed by atoms with van der Waals surface area (Å²) in [6, 6.07) is 18.7. The molecule has 4 nitrogen and oxygen atoms in total. The van der Waals surface area contributed by atoms with Gasteiger partial charge in [-0.3, -0.25) is 4.79 Å². The van der Waals surface area contributed by atoms with Crippen molar-refractivity contribution in [3.63, 3.8) is 0 Å². The Balaban J connectivity index is 1.79. The van der Waals surface area contributed by atoms with Crippen LogP contribution in [-0.4, -0.2) is 5.91 Å². The van der Waals surface area contributed by atoms with Crippen LogP contribution in [0.4, 0.5) is 10.1 Å². The number of nitrogens with one attached hydrogen (secondary N) is 1. The molecule has 1 amide bonds. The zero-order valence-corrected chi connectivity index (χ0v) is 14.7. The maximum atomic E-state index is 13.8. The molecule has 0 atom stereocenters. The molecule has 0 unspecified atom stereocenters. The van der Waals surface area contributed by atoms with Crippen molar-refractivity contribution in [1.29, 1.82) is 5.26 Å². The van der Waals surface area contributed by atoms with Crippen molar-refractivity contribution in [1.82, 2.24) is 0 Å². The minimum Gasteiger partial charge on any atom is -0.457 e. The molecule has 0 aliphatic rings. The van der Waals surface area contributed by atoms with Gasteiger partial charge in [-0.15, -0.1) is 0 Å². The lowest BCUT2D eigenvalue weighted by atomic mass is 10.1. The Morgan fingerprint density at radius 3 is 2.56 bits per heavy atom. The van der Waals surface area contributed by atoms with Gasteiger partial charge in [-0.2, -0.15) is 5.26 Å². The zero-order valence-electron chi connectivity index (χ0n) is 14.7. The first-order valence-electron chi connectivity index (χ1n) is 8.47. The van der Waals surface area contributed by atoms with E-state index in [-0.39, 0.29) is 5.57 Å². The molecule has 0 aliphatic carbocycles. The predicted octanol–water partition coefficient (Wildman–Crippen LogP) is 5.19. The van der Waals surface area contributed by atoms with E-state index >= 15 is 0 Å². The van der Waals surface area contributed by atoms with Gasteiger partial charge in [0.25, 0.3) is 5.91 Å². The summed E-state index contributed by atoms with van der Waals surface area (Å²) < 4.78 is 19.4. The van der Waals surface area contributed by atoms with Gasteiger partial charge in [-0.25, -0.2) is 4.39 Å². The molecule has 1 heterocycles. The van der Waals surface area contributed by atoms with Gasteiger partial charge >= 0.3 is 0 Å². The van der Waals surface area contributed by atoms with Crippen LogP contribution in [-0.2, 0) is 11.2 Å². The Hall–Kier alpha value is -3.65. The molecule has 0 bridgehead atoms. The highest BCUT2D eigenvalue weighted by molar-refractivity contribution is 6.09. The number of carbonyl (C=O) groups excluding carboxylic acids is 1. The van der Waals surface area contributed by atoms with Gasteiger partial charge in [0.15, 0.2) is 0 Å². The second-order valence-corrected chi connectivity index (χ2v) is 5.86. The fourth-order valence-corrected chi connectivity index (χ4v) is 2.55. The molecule has 0 saturated carbocycles. The molecule has 1 aromatic heterocycles. The normalized spacial score (nSPS) is 11.1. The van der Waals surface area contributed by atoms with E-state index in [0.717, 1.165) is 12.0 Å². The van der Waals surface area contributed by atoms with E-state index in [1.165, 1.54) is 12.1 Å². The number of carbonyl (C=O) groups is 1. The molecule has 2 aromatic carbocycles. The van der Waals surface area contributed by atoms with Crippen LogP contribution in [0.5, 0.6) is 0 Å². The number of rotatable bonds is 5. The third-order valence-corrected chi connectivity index (χ3v) is 4.04. The van der Waals surface area contributed by atoms with Crippen LogP contribution in [0.1, 0.15) is 18.2 Å². The predicted molar refractivity (Wildman–Crippen MR) is 102 cm³/mol. The standard InChI is InChI=1S/C22H17FN2O2/c1-2-15-7-9-17(10-8-15)25-22(26)16(14-24)13-18-11-12-21(27-18)19-5-3-4-6-20(19)23/h3-13H,2H2,1H3,(H,25,26)/b16-13+. The number of furan rings is 1. The quantitative estimate of drug-likeness (QED) is 0.503. The summed E-state index contributed by atoms with van der Waals surface area (Å²) in [5.41, 5.74) is 1.96. The van der Waals surface area contributed by atoms with Crippen LogP contribution in [0.15, 0.2) is 70.7 Å². The molecular weight excluding hydrogens is 343 g/mol. The van der Waals surface area contributed by atoms with Gasteiger partial charge in [0.1, 0.15) is 29.0 Å². The number of hydrogen-bond acceptors (Lipinski definition) is 3. The lowest BCUT2D eigenvalue weighted by Crippen LogP contribution is -2.13. The number of benzene rings is 2. The summed E-state index contributed by atoms with van der Waals surface area (Å²) in [4.78, 5) is 12.3. The van der Waals surface area contributed by atoms with Crippen molar-refractivity contribution in [3.05, 3.63) is 83.4 Å². The van der Waals surface area contributed by atoms with E-state index in [2.05, 4.69) is 5.32 Å². The van der Waals surface area contributed by atoms with Gasteiger partial charge in [0.2, 0.25) is 0 Å². The van der Waals surface area contributed by atoms with Crippen molar-refractivity contribution in [2.45, 2.75) is 13.3 Å². The number of nitriles is 1. The highest BCUT2D eigenvalue weighted by atomic mass is 19.1. The maximum absolute atomic E-state index is 13.8. The van der Waals surface area contributed by atoms with Gasteiger partial charge in [-0.05, 0) is 48.4 Å². The van der Waals surface area contributed by atoms with Crippen LogP contribution < -0.4 is 5.32 Å². The lowest BCUT2D eigenvalue weighted by molar-refractivity contribution is -0.112. The molecule has 1 N–H and O–H groups in total. The Morgan fingerprint density at radius 1 is 1.15 bits per heavy atom. The number of amides is 1. The highest BCUT2D eigenvalue weighted by Gasteiger charge is 2.12. The maximum Gasteiger partial charge on any atom is 0.266 e. The fourth-order valence-electron chi connectivity index (χ4n) is 2.55. The van der Waals surface area contributed by atoms with Crippen LogP contribution in [0.25, 0.3) is 17.4 Å². The van der Waals surface area contributed by atoms with Gasteiger partial charge in [0, 0.05) is 11.8 Å². The molecule has 0 spiro atoms. The molecule has 0 saturated heterocycles. The van der Waals surface area contributed by atoms with Crippen LogP contribution >= 0.6 is 0 Å². The highest BCUT2D eigenvalue weighted by Crippen LogP contribution is 2.25. The Morgan fingerprint density at radius 2 is 1.89 bits per heavy atom. The van der Waals surface area contributed by atoms with E-state index in [1.807, 2.05) is 25.1 Å². The van der Waals surface area contributed by atoms with Crippen LogP contribution in [0.3, 0.4) is 0 Å². The summed E-state index contributed by atoms with van der Waals surface area (Å²) in [5, 5.41) is 12.0. The molecule has 0 aliphatic heterocycles. The molecule has 27 heavy (non-hydrogen) atoms. The monoisotopic (exact) mass is 360 g/mol. The van der Waals surface area contributed by atoms with Gasteiger partial charge in [0.05, 0.1) is 5.56 Å². The first-order valence-corrected chi connectivity index (χ1v) is 8.47. The first kappa shape index (κ1) is 18.2. The van der Waals surface area contributed by atoms with Crippen molar-refractivity contribution >= 4 is 17.7 Å². The smallest absolute Gasteiger partial charge is 0.266 e. The van der Waals surface area contributed by atoms with Crippen molar-refractivity contribution in [3.8, 4) is 17.4 Å². The topological polar surface area (TPSA) is 66.0 Å². The molecule has 3 rings (SSSR count). The second-order valence-electron chi connectivity index (χ2n) is 5.86. The molecular formula is C22H17FN2O2. The first-order chi connectivity index (χ1) is 13.1. The Kier molecular flexibility index (Phi) is 5.48. The summed E-state index contributed by atoms with van der Waals surface area (Å²) >= 11 is 0. The third kappa shape index (κ3) is 4.31. The van der Waals surface area contributed by atoms with Crippen molar-refractivity contribution in [2.24, 2.45) is 0 Å². The van der Waals surface area contributed by atoms with Gasteiger partial charge < -0.3 is 9.73 Å². The Labute approximate surface area is 156 Å². The summed E-state index contributed by atoms with van der Waals surface area (Å²) in [7, 11) is 0. The van der Waals surface area contributed by atoms with E-state index in [1.54, 1.807) is 42.5 Å². The number of aryl methyl sites for hydroxylation is 1. The molecule has 5 heteroatoms. The number of hydrogen-bond donors (Lipinski definition) is 1. The summed E-state index contributed by atoms with van der Waals surface area (Å²) in [6.45, 7) is 2.04.